The number of para-hydroxylation sites is 1. The number of anilines is 1. The zero-order valence-electron chi connectivity index (χ0n) is 15.2. The summed E-state index contributed by atoms with van der Waals surface area (Å²) in [5.74, 6) is 4.56. The van der Waals surface area contributed by atoms with Crippen molar-refractivity contribution < 1.29 is 13.2 Å². The minimum Gasteiger partial charge on any atom is -0.445 e. The molecule has 1 aromatic heterocycles. The Hall–Kier alpha value is -2.06. The largest absolute Gasteiger partial charge is 0.445 e. The van der Waals surface area contributed by atoms with E-state index >= 15 is 0 Å². The maximum Gasteiger partial charge on any atom is 0.280 e. The summed E-state index contributed by atoms with van der Waals surface area (Å²) in [6, 6.07) is 4.86. The number of hydrogen-bond donors (Lipinski definition) is 1. The summed E-state index contributed by atoms with van der Waals surface area (Å²) in [6.45, 7) is 2.21. The number of hydrogen-bond acceptors (Lipinski definition) is 3. The fourth-order valence-corrected chi connectivity index (χ4v) is 3.79. The minimum absolute atomic E-state index is 0.224. The highest BCUT2D eigenvalue weighted by atomic mass is 19.3. The number of nitrogens with one attached hydrogen (secondary N) is 1. The Morgan fingerprint density at radius 3 is 2.81 bits per heavy atom. The van der Waals surface area contributed by atoms with E-state index in [4.69, 9.17) is 4.42 Å². The van der Waals surface area contributed by atoms with Gasteiger partial charge in [0, 0.05) is 17.5 Å². The van der Waals surface area contributed by atoms with Crippen molar-refractivity contribution in [3.8, 4) is 11.8 Å². The summed E-state index contributed by atoms with van der Waals surface area (Å²) < 4.78 is 34.9. The zero-order valence-corrected chi connectivity index (χ0v) is 15.2. The fraction of sp³-hybridized carbons (Fsp3) is 0.524. The van der Waals surface area contributed by atoms with E-state index < -0.39 is 12.0 Å². The first-order valence-corrected chi connectivity index (χ1v) is 9.28. The number of rotatable bonds is 4. The molecule has 2 fully saturated rings. The number of furan rings is 1. The molecule has 1 saturated heterocycles. The van der Waals surface area contributed by atoms with Gasteiger partial charge in [0.1, 0.15) is 0 Å². The molecule has 3 nitrogen and oxygen atoms in total. The molecule has 1 aromatic carbocycles. The third-order valence-corrected chi connectivity index (χ3v) is 5.37. The molecule has 1 aliphatic heterocycles. The Morgan fingerprint density at radius 2 is 2.12 bits per heavy atom. The normalized spacial score (nSPS) is 22.8. The van der Waals surface area contributed by atoms with E-state index in [0.29, 0.717) is 35.9 Å². The molecular weight excluding hydrogens is 334 g/mol. The first-order chi connectivity index (χ1) is 12.5. The highest BCUT2D eigenvalue weighted by molar-refractivity contribution is 5.93. The Kier molecular flexibility index (Phi) is 4.40. The van der Waals surface area contributed by atoms with Crippen LogP contribution in [0.15, 0.2) is 22.6 Å². The van der Waals surface area contributed by atoms with Crippen LogP contribution in [-0.2, 0) is 6.42 Å². The first kappa shape index (κ1) is 17.4. The number of benzene rings is 1. The van der Waals surface area contributed by atoms with E-state index in [1.54, 1.807) is 18.9 Å². The molecule has 5 heteroatoms. The zero-order chi connectivity index (χ0) is 18.3. The molecule has 1 unspecified atom stereocenters. The van der Waals surface area contributed by atoms with Crippen molar-refractivity contribution >= 4 is 16.7 Å². The van der Waals surface area contributed by atoms with Crippen LogP contribution in [-0.4, -0.2) is 37.0 Å². The topological polar surface area (TPSA) is 28.4 Å². The minimum atomic E-state index is -2.77. The van der Waals surface area contributed by atoms with E-state index in [-0.39, 0.29) is 6.54 Å². The Labute approximate surface area is 152 Å². The average molecular weight is 358 g/mol. The summed E-state index contributed by atoms with van der Waals surface area (Å²) in [5.41, 5.74) is 2.41. The number of nitrogens with zero attached hydrogens (tertiary/aromatic N) is 1. The Morgan fingerprint density at radius 1 is 1.31 bits per heavy atom. The van der Waals surface area contributed by atoms with Gasteiger partial charge in [0.15, 0.2) is 11.3 Å². The van der Waals surface area contributed by atoms with Crippen LogP contribution < -0.4 is 5.32 Å². The molecule has 1 aliphatic carbocycles. The molecular formula is C21H24F2N2O. The maximum atomic E-state index is 14.4. The molecule has 1 atom stereocenters. The molecule has 138 valence electrons. The van der Waals surface area contributed by atoms with Gasteiger partial charge in [-0.1, -0.05) is 18.1 Å². The van der Waals surface area contributed by atoms with E-state index in [1.807, 2.05) is 18.2 Å². The third-order valence-electron chi connectivity index (χ3n) is 5.37. The van der Waals surface area contributed by atoms with Gasteiger partial charge in [0.25, 0.3) is 5.92 Å². The van der Waals surface area contributed by atoms with Gasteiger partial charge in [0.05, 0.1) is 18.3 Å². The summed E-state index contributed by atoms with van der Waals surface area (Å²) in [7, 11) is 1.73. The van der Waals surface area contributed by atoms with Crippen LogP contribution in [0.25, 0.3) is 11.0 Å². The van der Waals surface area contributed by atoms with Crippen LogP contribution >= 0.6 is 0 Å². The van der Waals surface area contributed by atoms with Crippen molar-refractivity contribution in [2.45, 2.75) is 44.6 Å². The van der Waals surface area contributed by atoms with Crippen molar-refractivity contribution in [3.05, 3.63) is 29.5 Å². The number of piperidine rings is 1. The van der Waals surface area contributed by atoms with Crippen LogP contribution in [0.4, 0.5) is 14.5 Å². The summed E-state index contributed by atoms with van der Waals surface area (Å²) >= 11 is 0. The van der Waals surface area contributed by atoms with Gasteiger partial charge in [-0.05, 0) is 57.6 Å². The number of likely N-dealkylation sites (tertiary alicyclic amines) is 1. The molecule has 2 aliphatic rings. The SMILES string of the molecule is CC#Cc1oc2c(NC3CCN(C)CC3(F)F)cccc2c1CC1CC1. The predicted molar refractivity (Wildman–Crippen MR) is 99.7 cm³/mol. The van der Waals surface area contributed by atoms with Crippen LogP contribution in [0.5, 0.6) is 0 Å². The summed E-state index contributed by atoms with van der Waals surface area (Å²) in [4.78, 5) is 1.67. The lowest BCUT2D eigenvalue weighted by Gasteiger charge is -2.37. The lowest BCUT2D eigenvalue weighted by Crippen LogP contribution is -2.53. The first-order valence-electron chi connectivity index (χ1n) is 9.28. The molecule has 0 amide bonds. The van der Waals surface area contributed by atoms with E-state index in [9.17, 15) is 8.78 Å². The summed E-state index contributed by atoms with van der Waals surface area (Å²) in [5, 5.41) is 4.06. The third kappa shape index (κ3) is 3.31. The van der Waals surface area contributed by atoms with Gasteiger partial charge in [-0.2, -0.15) is 0 Å². The number of alkyl halides is 2. The summed E-state index contributed by atoms with van der Waals surface area (Å²) in [6.07, 6.45) is 3.83. The van der Waals surface area contributed by atoms with Gasteiger partial charge in [-0.3, -0.25) is 0 Å². The standard InChI is InChI=1S/C21H24F2N2O/c1-3-5-18-16(12-14-8-9-14)15-6-4-7-17(20(15)26-18)24-19-10-11-25(2)13-21(19,22)23/h4,6-7,14,19,24H,8-13H2,1-2H3. The van der Waals surface area contributed by atoms with Crippen molar-refractivity contribution in [3.63, 3.8) is 0 Å². The Bertz CT molecular complexity index is 873. The highest BCUT2D eigenvalue weighted by Crippen LogP contribution is 2.39. The van der Waals surface area contributed by atoms with Gasteiger partial charge >= 0.3 is 0 Å². The molecule has 2 heterocycles. The van der Waals surface area contributed by atoms with Crippen LogP contribution in [0.1, 0.15) is 37.5 Å². The molecule has 0 bridgehead atoms. The Balaban J connectivity index is 1.70. The van der Waals surface area contributed by atoms with Crippen molar-refractivity contribution in [1.82, 2.24) is 4.90 Å². The van der Waals surface area contributed by atoms with Crippen molar-refractivity contribution in [2.24, 2.45) is 5.92 Å². The quantitative estimate of drug-likeness (QED) is 0.816. The molecule has 0 radical (unpaired) electrons. The number of fused-ring (bicyclic) bond motifs is 1. The monoisotopic (exact) mass is 358 g/mol. The predicted octanol–water partition coefficient (Wildman–Crippen LogP) is 4.51. The lowest BCUT2D eigenvalue weighted by atomic mass is 10.00. The van der Waals surface area contributed by atoms with Crippen LogP contribution in [0.3, 0.4) is 0 Å². The second kappa shape index (κ2) is 6.59. The van der Waals surface area contributed by atoms with E-state index in [2.05, 4.69) is 17.2 Å². The second-order valence-corrected chi connectivity index (χ2v) is 7.60. The van der Waals surface area contributed by atoms with Crippen molar-refractivity contribution in [2.75, 3.05) is 25.5 Å². The molecule has 4 rings (SSSR count). The maximum absolute atomic E-state index is 14.4. The van der Waals surface area contributed by atoms with Crippen LogP contribution in [0, 0.1) is 17.8 Å². The molecule has 0 spiro atoms. The van der Waals surface area contributed by atoms with Gasteiger partial charge in [0.2, 0.25) is 0 Å². The fourth-order valence-electron chi connectivity index (χ4n) is 3.79. The van der Waals surface area contributed by atoms with Gasteiger partial charge in [-0.15, -0.1) is 0 Å². The number of halogens is 2. The van der Waals surface area contributed by atoms with E-state index in [1.165, 1.54) is 12.8 Å². The van der Waals surface area contributed by atoms with Crippen molar-refractivity contribution in [1.29, 1.82) is 0 Å². The smallest absolute Gasteiger partial charge is 0.280 e. The lowest BCUT2D eigenvalue weighted by molar-refractivity contribution is -0.0672. The molecule has 26 heavy (non-hydrogen) atoms. The van der Waals surface area contributed by atoms with Gasteiger partial charge < -0.3 is 14.6 Å². The molecule has 1 saturated carbocycles. The van der Waals surface area contributed by atoms with Crippen LogP contribution in [0.2, 0.25) is 0 Å². The molecule has 2 aromatic rings. The van der Waals surface area contributed by atoms with E-state index in [0.717, 1.165) is 17.4 Å². The second-order valence-electron chi connectivity index (χ2n) is 7.60. The average Bonchev–Trinajstić information content (AvgIpc) is 3.33. The van der Waals surface area contributed by atoms with Gasteiger partial charge in [-0.25, -0.2) is 8.78 Å². The highest BCUT2D eigenvalue weighted by Gasteiger charge is 2.44. The molecule has 1 N–H and O–H groups in total.